The minimum Gasteiger partial charge on any atom is -0.756 e. The highest BCUT2D eigenvalue weighted by atomic mass is 31.2. The van der Waals surface area contributed by atoms with Gasteiger partial charge in [0.2, 0.25) is 5.91 Å². The Hall–Kier alpha value is -2.58. The van der Waals surface area contributed by atoms with E-state index in [0.29, 0.717) is 23.9 Å². The van der Waals surface area contributed by atoms with Crippen molar-refractivity contribution in [3.05, 3.63) is 97.2 Å². The highest BCUT2D eigenvalue weighted by Gasteiger charge is 2.24. The molecule has 2 N–H and O–H groups in total. The number of nitrogens with one attached hydrogen (secondary N) is 1. The Kier molecular flexibility index (Phi) is 58.1. The number of unbranched alkanes of at least 4 members (excludes halogenated alkanes) is 31. The molecule has 1 amide bonds. The van der Waals surface area contributed by atoms with E-state index in [1.54, 1.807) is 0 Å². The summed E-state index contributed by atoms with van der Waals surface area (Å²) in [4.78, 5) is 25.6. The van der Waals surface area contributed by atoms with Crippen LogP contribution < -0.4 is 10.2 Å². The fourth-order valence-electron chi connectivity index (χ4n) is 9.47. The molecule has 3 atom stereocenters. The highest BCUT2D eigenvalue weighted by Crippen LogP contribution is 2.38. The molecule has 0 spiro atoms. The van der Waals surface area contributed by atoms with Crippen LogP contribution in [0.15, 0.2) is 97.2 Å². The standard InChI is InChI=1S/C70H127N2O6P/c1-6-8-10-12-14-16-18-20-22-24-26-28-30-32-34-36-38-40-42-44-46-48-50-52-54-56-58-60-62-64-70(74)71-68(67-78-79(75,76)77-66-65-72(3,4)5)69(73)63-61-59-57-55-53-51-49-47-45-43-41-39-37-35-33-31-29-27-25-23-21-19-17-15-13-11-9-7-2/h8,10,14,16,20,22,26,28,32,34,38,40,44,46,50,52,68-69,73H,6-7,9,11-13,15,17-19,21,23-25,27,29-31,33,35-37,39,41-43,45,47-49,51,53-67H2,1-5H3,(H-,71,74,75,76)/b10-8-,16-14-,22-20-,28-26-,34-32-,40-38-,46-44-,52-50-. The van der Waals surface area contributed by atoms with Gasteiger partial charge in [-0.2, -0.15) is 0 Å². The van der Waals surface area contributed by atoms with Crippen LogP contribution >= 0.6 is 7.82 Å². The van der Waals surface area contributed by atoms with E-state index in [-0.39, 0.29) is 19.1 Å². The molecule has 8 nitrogen and oxygen atoms in total. The third-order valence-electron chi connectivity index (χ3n) is 14.6. The van der Waals surface area contributed by atoms with Crippen molar-refractivity contribution in [2.75, 3.05) is 40.9 Å². The lowest BCUT2D eigenvalue weighted by Gasteiger charge is -2.30. The van der Waals surface area contributed by atoms with Crippen LogP contribution in [0.2, 0.25) is 0 Å². The molecule has 0 aliphatic heterocycles. The molecule has 0 aromatic carbocycles. The maximum atomic E-state index is 13.0. The lowest BCUT2D eigenvalue weighted by molar-refractivity contribution is -0.870. The minimum absolute atomic E-state index is 0.00204. The number of quaternary nitrogens is 1. The van der Waals surface area contributed by atoms with Crippen molar-refractivity contribution in [2.24, 2.45) is 0 Å². The SMILES string of the molecule is CC/C=C\C/C=C\C/C=C\C/C=C\C/C=C\C/C=C\C/C=C\C/C=C\CCCCCCC(=O)NC(COP(=O)([O-])OCC[N+](C)(C)C)C(O)CCCCCCCCCCCCCCCCCCCCCCCCCCCCCC. The van der Waals surface area contributed by atoms with Crippen LogP contribution in [-0.4, -0.2) is 68.5 Å². The first kappa shape index (κ1) is 76.4. The number of phosphoric ester groups is 1. The van der Waals surface area contributed by atoms with E-state index in [1.807, 2.05) is 21.1 Å². The maximum Gasteiger partial charge on any atom is 0.268 e. The first-order valence-corrected chi connectivity index (χ1v) is 34.5. The third kappa shape index (κ3) is 62.9. The number of carbonyl (C=O) groups is 1. The molecule has 0 saturated heterocycles. The summed E-state index contributed by atoms with van der Waals surface area (Å²) in [5.41, 5.74) is 0. The fraction of sp³-hybridized carbons (Fsp3) is 0.757. The molecule has 0 aliphatic carbocycles. The lowest BCUT2D eigenvalue weighted by atomic mass is 10.0. The van der Waals surface area contributed by atoms with E-state index in [4.69, 9.17) is 9.05 Å². The summed E-state index contributed by atoms with van der Waals surface area (Å²) in [5, 5.41) is 14.1. The van der Waals surface area contributed by atoms with Crippen LogP contribution in [0.3, 0.4) is 0 Å². The summed E-state index contributed by atoms with van der Waals surface area (Å²) < 4.78 is 23.5. The Bertz CT molecular complexity index is 1610. The molecule has 0 fully saturated rings. The first-order chi connectivity index (χ1) is 38.5. The van der Waals surface area contributed by atoms with Crippen molar-refractivity contribution in [1.82, 2.24) is 5.32 Å². The number of phosphoric acid groups is 1. The lowest BCUT2D eigenvalue weighted by Crippen LogP contribution is -2.46. The van der Waals surface area contributed by atoms with Gasteiger partial charge in [-0.3, -0.25) is 9.36 Å². The normalized spacial score (nSPS) is 14.4. The number of nitrogens with zero attached hydrogens (tertiary/aromatic N) is 1. The molecule has 0 heterocycles. The average molecular weight is 1120 g/mol. The van der Waals surface area contributed by atoms with Crippen LogP contribution in [0, 0.1) is 0 Å². The predicted octanol–water partition coefficient (Wildman–Crippen LogP) is 20.3. The predicted molar refractivity (Wildman–Crippen MR) is 343 cm³/mol. The molecular weight excluding hydrogens is 996 g/mol. The molecule has 458 valence electrons. The monoisotopic (exact) mass is 1120 g/mol. The second kappa shape index (κ2) is 60.0. The summed E-state index contributed by atoms with van der Waals surface area (Å²) in [5.74, 6) is -0.189. The van der Waals surface area contributed by atoms with Gasteiger partial charge < -0.3 is 28.8 Å². The van der Waals surface area contributed by atoms with Gasteiger partial charge in [-0.05, 0) is 77.0 Å². The summed E-state index contributed by atoms with van der Waals surface area (Å²) in [6, 6.07) is -0.824. The van der Waals surface area contributed by atoms with E-state index in [0.717, 1.165) is 103 Å². The minimum atomic E-state index is -4.59. The van der Waals surface area contributed by atoms with Crippen LogP contribution in [0.5, 0.6) is 0 Å². The van der Waals surface area contributed by atoms with Crippen LogP contribution in [0.4, 0.5) is 0 Å². The quantitative estimate of drug-likeness (QED) is 0.0272. The van der Waals surface area contributed by atoms with Crippen molar-refractivity contribution in [1.29, 1.82) is 0 Å². The van der Waals surface area contributed by atoms with E-state index in [9.17, 15) is 19.4 Å². The largest absolute Gasteiger partial charge is 0.756 e. The van der Waals surface area contributed by atoms with Gasteiger partial charge in [0.15, 0.2) is 0 Å². The Morgan fingerprint density at radius 3 is 1.13 bits per heavy atom. The van der Waals surface area contributed by atoms with Gasteiger partial charge in [0.05, 0.1) is 39.9 Å². The van der Waals surface area contributed by atoms with Crippen LogP contribution in [0.25, 0.3) is 0 Å². The van der Waals surface area contributed by atoms with Crippen LogP contribution in [-0.2, 0) is 18.4 Å². The number of likely N-dealkylation sites (N-methyl/N-ethyl adjacent to an activating group) is 1. The number of amides is 1. The number of aliphatic hydroxyl groups excluding tert-OH is 1. The maximum absolute atomic E-state index is 13.0. The Morgan fingerprint density at radius 2 is 0.772 bits per heavy atom. The van der Waals surface area contributed by atoms with E-state index < -0.39 is 20.0 Å². The third-order valence-corrected chi connectivity index (χ3v) is 15.6. The van der Waals surface area contributed by atoms with Gasteiger partial charge in [-0.15, -0.1) is 0 Å². The van der Waals surface area contributed by atoms with Gasteiger partial charge in [0, 0.05) is 6.42 Å². The number of aliphatic hydroxyl groups is 1. The highest BCUT2D eigenvalue weighted by molar-refractivity contribution is 7.45. The number of rotatable bonds is 60. The molecule has 9 heteroatoms. The smallest absolute Gasteiger partial charge is 0.268 e. The van der Waals surface area contributed by atoms with Gasteiger partial charge in [-0.1, -0.05) is 304 Å². The van der Waals surface area contributed by atoms with E-state index in [2.05, 4.69) is 116 Å². The fourth-order valence-corrected chi connectivity index (χ4v) is 10.2. The molecule has 3 unspecified atom stereocenters. The molecule has 0 saturated carbocycles. The Morgan fingerprint density at radius 1 is 0.456 bits per heavy atom. The van der Waals surface area contributed by atoms with Crippen molar-refractivity contribution in [3.63, 3.8) is 0 Å². The van der Waals surface area contributed by atoms with Gasteiger partial charge in [0.1, 0.15) is 13.2 Å². The van der Waals surface area contributed by atoms with E-state index in [1.165, 1.54) is 161 Å². The first-order valence-electron chi connectivity index (χ1n) is 33.1. The number of carbonyl (C=O) groups excluding carboxylic acids is 1. The number of hydrogen-bond acceptors (Lipinski definition) is 6. The van der Waals surface area contributed by atoms with Crippen LogP contribution in [0.1, 0.15) is 290 Å². The van der Waals surface area contributed by atoms with Gasteiger partial charge in [-0.25, -0.2) is 0 Å². The zero-order valence-electron chi connectivity index (χ0n) is 52.3. The summed E-state index contributed by atoms with van der Waals surface area (Å²) in [6.07, 6.45) is 86.1. The Labute approximate surface area is 489 Å². The topological polar surface area (TPSA) is 108 Å². The second-order valence-corrected chi connectivity index (χ2v) is 24.9. The molecular formula is C70H127N2O6P. The molecule has 0 radical (unpaired) electrons. The second-order valence-electron chi connectivity index (χ2n) is 23.4. The summed E-state index contributed by atoms with van der Waals surface area (Å²) in [7, 11) is 1.28. The zero-order chi connectivity index (χ0) is 57.7. The molecule has 0 aromatic rings. The Balaban J connectivity index is 4.18. The molecule has 0 aliphatic rings. The van der Waals surface area contributed by atoms with Gasteiger partial charge in [0.25, 0.3) is 7.82 Å². The zero-order valence-corrected chi connectivity index (χ0v) is 53.2. The van der Waals surface area contributed by atoms with Gasteiger partial charge >= 0.3 is 0 Å². The van der Waals surface area contributed by atoms with Crippen molar-refractivity contribution >= 4 is 13.7 Å². The summed E-state index contributed by atoms with van der Waals surface area (Å²) in [6.45, 7) is 4.61. The summed E-state index contributed by atoms with van der Waals surface area (Å²) >= 11 is 0. The molecule has 0 aromatic heterocycles. The average Bonchev–Trinajstić information content (AvgIpc) is 3.42. The molecule has 0 rings (SSSR count). The molecule has 0 bridgehead atoms. The number of hydrogen-bond donors (Lipinski definition) is 2. The number of allylic oxidation sites excluding steroid dienone is 16. The van der Waals surface area contributed by atoms with Crippen molar-refractivity contribution < 1.29 is 32.9 Å². The van der Waals surface area contributed by atoms with E-state index >= 15 is 0 Å². The van der Waals surface area contributed by atoms with Crippen molar-refractivity contribution in [2.45, 2.75) is 302 Å². The molecule has 79 heavy (non-hydrogen) atoms. The van der Waals surface area contributed by atoms with Crippen molar-refractivity contribution in [3.8, 4) is 0 Å².